The number of carbonyl (C=O) groups is 1. The Morgan fingerprint density at radius 2 is 2.04 bits per heavy atom. The lowest BCUT2D eigenvalue weighted by atomic mass is 10.0. The molecule has 0 atom stereocenters. The molecule has 0 unspecified atom stereocenters. The molecule has 26 heavy (non-hydrogen) atoms. The van der Waals surface area contributed by atoms with Crippen molar-refractivity contribution in [2.24, 2.45) is 0 Å². The average Bonchev–Trinajstić information content (AvgIpc) is 2.87. The van der Waals surface area contributed by atoms with Gasteiger partial charge in [-0.2, -0.15) is 0 Å². The van der Waals surface area contributed by atoms with Gasteiger partial charge in [0.1, 0.15) is 5.69 Å². The first-order valence-electron chi connectivity index (χ1n) is 8.90. The zero-order valence-corrected chi connectivity index (χ0v) is 15.8. The Bertz CT molecular complexity index is 982. The molecule has 134 valence electrons. The molecule has 1 aromatic carbocycles. The summed E-state index contributed by atoms with van der Waals surface area (Å²) in [5.41, 5.74) is 5.62. The third-order valence-corrected chi connectivity index (χ3v) is 4.69. The first-order chi connectivity index (χ1) is 12.4. The van der Waals surface area contributed by atoms with E-state index in [0.29, 0.717) is 18.2 Å². The van der Waals surface area contributed by atoms with Crippen molar-refractivity contribution in [2.75, 3.05) is 5.32 Å². The van der Waals surface area contributed by atoms with E-state index in [1.807, 2.05) is 30.6 Å². The topological polar surface area (TPSA) is 46.9 Å². The van der Waals surface area contributed by atoms with Gasteiger partial charge in [-0.3, -0.25) is 9.78 Å². The fraction of sp³-hybridized carbons (Fsp3) is 0.273. The van der Waals surface area contributed by atoms with Crippen LogP contribution >= 0.6 is 0 Å². The molecule has 0 spiro atoms. The predicted molar refractivity (Wildman–Crippen MR) is 108 cm³/mol. The van der Waals surface area contributed by atoms with E-state index < -0.39 is 0 Å². The van der Waals surface area contributed by atoms with Crippen LogP contribution in [0.3, 0.4) is 0 Å². The Morgan fingerprint density at radius 3 is 2.69 bits per heavy atom. The molecule has 1 amide bonds. The minimum Gasteiger partial charge on any atom is -0.332 e. The van der Waals surface area contributed by atoms with Crippen molar-refractivity contribution in [3.8, 4) is 0 Å². The first kappa shape index (κ1) is 17.9. The van der Waals surface area contributed by atoms with Crippen LogP contribution < -0.4 is 5.32 Å². The number of nitrogens with one attached hydrogen (secondary N) is 1. The van der Waals surface area contributed by atoms with Crippen LogP contribution in [0.1, 0.15) is 47.1 Å². The van der Waals surface area contributed by atoms with Gasteiger partial charge in [0.15, 0.2) is 0 Å². The molecule has 0 saturated heterocycles. The SMILES string of the molecule is C=CCn1c(C(=O)Nc2ccnc(C)c2)c(C)c2cc(C(C)C)ccc21. The summed E-state index contributed by atoms with van der Waals surface area (Å²) in [6.07, 6.45) is 3.52. The third kappa shape index (κ3) is 3.27. The molecule has 0 bridgehead atoms. The van der Waals surface area contributed by atoms with Crippen LogP contribution in [0.25, 0.3) is 10.9 Å². The number of aryl methyl sites for hydroxylation is 2. The van der Waals surface area contributed by atoms with Crippen LogP contribution in [-0.2, 0) is 6.54 Å². The highest BCUT2D eigenvalue weighted by molar-refractivity contribution is 6.08. The quantitative estimate of drug-likeness (QED) is 0.644. The van der Waals surface area contributed by atoms with Gasteiger partial charge in [0.25, 0.3) is 5.91 Å². The summed E-state index contributed by atoms with van der Waals surface area (Å²) in [6.45, 7) is 12.7. The molecule has 4 nitrogen and oxygen atoms in total. The van der Waals surface area contributed by atoms with Crippen molar-refractivity contribution in [2.45, 2.75) is 40.2 Å². The molecule has 0 saturated carbocycles. The van der Waals surface area contributed by atoms with Gasteiger partial charge >= 0.3 is 0 Å². The molecule has 2 heterocycles. The number of hydrogen-bond acceptors (Lipinski definition) is 2. The highest BCUT2D eigenvalue weighted by Crippen LogP contribution is 2.29. The Hall–Kier alpha value is -2.88. The maximum atomic E-state index is 13.0. The van der Waals surface area contributed by atoms with Gasteiger partial charge in [0.2, 0.25) is 0 Å². The van der Waals surface area contributed by atoms with Crippen LogP contribution in [-0.4, -0.2) is 15.5 Å². The summed E-state index contributed by atoms with van der Waals surface area (Å²) in [7, 11) is 0. The van der Waals surface area contributed by atoms with Gasteiger partial charge in [-0.05, 0) is 55.2 Å². The van der Waals surface area contributed by atoms with Crippen LogP contribution in [0, 0.1) is 13.8 Å². The van der Waals surface area contributed by atoms with Crippen molar-refractivity contribution in [1.29, 1.82) is 0 Å². The summed E-state index contributed by atoms with van der Waals surface area (Å²) in [5, 5.41) is 4.12. The highest BCUT2D eigenvalue weighted by atomic mass is 16.2. The molecule has 0 fully saturated rings. The van der Waals surface area contributed by atoms with E-state index in [1.54, 1.807) is 12.3 Å². The molecule has 0 radical (unpaired) electrons. The molecule has 2 aromatic heterocycles. The minimum atomic E-state index is -0.114. The first-order valence-corrected chi connectivity index (χ1v) is 8.90. The van der Waals surface area contributed by atoms with Crippen LogP contribution in [0.4, 0.5) is 5.69 Å². The number of pyridine rings is 1. The number of nitrogens with zero attached hydrogens (tertiary/aromatic N) is 2. The highest BCUT2D eigenvalue weighted by Gasteiger charge is 2.20. The molecular weight excluding hydrogens is 322 g/mol. The number of aromatic nitrogens is 2. The number of rotatable bonds is 5. The van der Waals surface area contributed by atoms with Crippen molar-refractivity contribution in [3.05, 3.63) is 71.7 Å². The molecular formula is C22H25N3O. The van der Waals surface area contributed by atoms with Gasteiger partial charge in [-0.1, -0.05) is 26.0 Å². The van der Waals surface area contributed by atoms with E-state index in [0.717, 1.165) is 27.8 Å². The Balaban J connectivity index is 2.11. The largest absolute Gasteiger partial charge is 0.332 e. The van der Waals surface area contributed by atoms with Crippen molar-refractivity contribution >= 4 is 22.5 Å². The monoisotopic (exact) mass is 347 g/mol. The second-order valence-electron chi connectivity index (χ2n) is 6.94. The number of fused-ring (bicyclic) bond motifs is 1. The Labute approximate surface area is 154 Å². The molecule has 3 aromatic rings. The maximum absolute atomic E-state index is 13.0. The average molecular weight is 347 g/mol. The molecule has 4 heteroatoms. The second-order valence-corrected chi connectivity index (χ2v) is 6.94. The summed E-state index contributed by atoms with van der Waals surface area (Å²) in [4.78, 5) is 17.2. The molecule has 0 aliphatic rings. The van der Waals surface area contributed by atoms with Crippen LogP contribution in [0.5, 0.6) is 0 Å². The van der Waals surface area contributed by atoms with E-state index in [-0.39, 0.29) is 5.91 Å². The second kappa shape index (κ2) is 7.16. The Kier molecular flexibility index (Phi) is 4.94. The number of amides is 1. The number of carbonyl (C=O) groups excluding carboxylic acids is 1. The lowest BCUT2D eigenvalue weighted by molar-refractivity contribution is 0.101. The van der Waals surface area contributed by atoms with Crippen LogP contribution in [0.15, 0.2) is 49.2 Å². The fourth-order valence-corrected chi connectivity index (χ4v) is 3.32. The smallest absolute Gasteiger partial charge is 0.272 e. The zero-order chi connectivity index (χ0) is 18.8. The van der Waals surface area contributed by atoms with Crippen molar-refractivity contribution < 1.29 is 4.79 Å². The summed E-state index contributed by atoms with van der Waals surface area (Å²) < 4.78 is 2.03. The van der Waals surface area contributed by atoms with E-state index >= 15 is 0 Å². The lowest BCUT2D eigenvalue weighted by Crippen LogP contribution is -2.18. The maximum Gasteiger partial charge on any atom is 0.272 e. The van der Waals surface area contributed by atoms with Gasteiger partial charge in [0, 0.05) is 35.0 Å². The van der Waals surface area contributed by atoms with Crippen LogP contribution in [0.2, 0.25) is 0 Å². The Morgan fingerprint density at radius 1 is 1.27 bits per heavy atom. The third-order valence-electron chi connectivity index (χ3n) is 4.69. The minimum absolute atomic E-state index is 0.114. The number of benzene rings is 1. The normalized spacial score (nSPS) is 11.1. The van der Waals surface area contributed by atoms with E-state index in [1.165, 1.54) is 5.56 Å². The fourth-order valence-electron chi connectivity index (χ4n) is 3.32. The summed E-state index contributed by atoms with van der Waals surface area (Å²) in [5.74, 6) is 0.330. The van der Waals surface area contributed by atoms with Gasteiger partial charge in [-0.25, -0.2) is 0 Å². The standard InChI is InChI=1S/C22H25N3O/c1-6-11-25-20-8-7-17(14(2)3)13-19(20)16(5)21(25)22(26)24-18-9-10-23-15(4)12-18/h6-10,12-14H,1,11H2,2-5H3,(H,23,24,26). The predicted octanol–water partition coefficient (Wildman–Crippen LogP) is 5.21. The number of allylic oxidation sites excluding steroid dienone is 1. The molecule has 0 aliphatic heterocycles. The number of hydrogen-bond donors (Lipinski definition) is 1. The van der Waals surface area contributed by atoms with Gasteiger partial charge < -0.3 is 9.88 Å². The molecule has 0 aliphatic carbocycles. The zero-order valence-electron chi connectivity index (χ0n) is 15.8. The van der Waals surface area contributed by atoms with Gasteiger partial charge in [0.05, 0.1) is 0 Å². The van der Waals surface area contributed by atoms with E-state index in [9.17, 15) is 4.79 Å². The van der Waals surface area contributed by atoms with E-state index in [4.69, 9.17) is 0 Å². The van der Waals surface area contributed by atoms with Crippen molar-refractivity contribution in [3.63, 3.8) is 0 Å². The number of anilines is 1. The molecule has 3 rings (SSSR count). The lowest BCUT2D eigenvalue weighted by Gasteiger charge is -2.10. The molecule has 1 N–H and O–H groups in total. The summed E-state index contributed by atoms with van der Waals surface area (Å²) >= 11 is 0. The van der Waals surface area contributed by atoms with E-state index in [2.05, 4.69) is 48.9 Å². The van der Waals surface area contributed by atoms with Gasteiger partial charge in [-0.15, -0.1) is 6.58 Å². The summed E-state index contributed by atoms with van der Waals surface area (Å²) in [6, 6.07) is 10.1. The van der Waals surface area contributed by atoms with Crippen molar-refractivity contribution in [1.82, 2.24) is 9.55 Å².